The van der Waals surface area contributed by atoms with E-state index in [4.69, 9.17) is 12.2 Å². The Morgan fingerprint density at radius 1 is 1.77 bits per heavy atom. The highest BCUT2D eigenvalue weighted by molar-refractivity contribution is 7.71. The molecule has 1 amide bonds. The number of carbonyl (C=O) groups is 1. The van der Waals surface area contributed by atoms with Gasteiger partial charge in [0.2, 0.25) is 10.7 Å². The molecule has 0 radical (unpaired) electrons. The number of carbonyl (C=O) groups excluding carboxylic acids is 1. The third-order valence-corrected chi connectivity index (χ3v) is 2.55. The largest absolute Gasteiger partial charge is 0.273 e. The first-order valence-electron chi connectivity index (χ1n) is 4.20. The third kappa shape index (κ3) is 1.62. The summed E-state index contributed by atoms with van der Waals surface area (Å²) in [7, 11) is 0. The maximum absolute atomic E-state index is 11.4. The van der Waals surface area contributed by atoms with Crippen molar-refractivity contribution in [2.24, 2.45) is 5.92 Å². The van der Waals surface area contributed by atoms with Gasteiger partial charge in [-0.1, -0.05) is 6.42 Å². The van der Waals surface area contributed by atoms with E-state index in [1.807, 2.05) is 0 Å². The number of aromatic nitrogens is 3. The highest BCUT2D eigenvalue weighted by Gasteiger charge is 2.25. The summed E-state index contributed by atoms with van der Waals surface area (Å²) < 4.78 is 1.84. The fourth-order valence-electron chi connectivity index (χ4n) is 1.21. The highest BCUT2D eigenvalue weighted by atomic mass is 32.1. The molecular weight excluding hydrogens is 188 g/mol. The molecule has 6 heteroatoms. The van der Waals surface area contributed by atoms with Crippen LogP contribution in [-0.2, 0) is 4.79 Å². The van der Waals surface area contributed by atoms with Crippen LogP contribution in [0.3, 0.4) is 0 Å². The number of hydrogen-bond donors (Lipinski definition) is 2. The number of H-pyrrole nitrogens is 1. The lowest BCUT2D eigenvalue weighted by Gasteiger charge is -2.23. The first kappa shape index (κ1) is 8.43. The zero-order valence-electron chi connectivity index (χ0n) is 6.99. The van der Waals surface area contributed by atoms with Crippen LogP contribution in [0.1, 0.15) is 19.3 Å². The van der Waals surface area contributed by atoms with Crippen LogP contribution in [0.25, 0.3) is 0 Å². The van der Waals surface area contributed by atoms with Gasteiger partial charge in [0, 0.05) is 5.92 Å². The van der Waals surface area contributed by atoms with Gasteiger partial charge in [-0.15, -0.1) is 0 Å². The van der Waals surface area contributed by atoms with Crippen molar-refractivity contribution >= 4 is 18.1 Å². The molecule has 0 spiro atoms. The zero-order valence-corrected chi connectivity index (χ0v) is 7.80. The van der Waals surface area contributed by atoms with Gasteiger partial charge in [0.25, 0.3) is 0 Å². The van der Waals surface area contributed by atoms with Gasteiger partial charge in [-0.2, -0.15) is 5.10 Å². The molecule has 5 nitrogen and oxygen atoms in total. The van der Waals surface area contributed by atoms with Crippen LogP contribution in [0.4, 0.5) is 0 Å². The van der Waals surface area contributed by atoms with Crippen LogP contribution in [0.15, 0.2) is 6.33 Å². The molecule has 1 aliphatic carbocycles. The fourth-order valence-corrected chi connectivity index (χ4v) is 1.35. The van der Waals surface area contributed by atoms with Gasteiger partial charge in [-0.05, 0) is 25.1 Å². The van der Waals surface area contributed by atoms with Gasteiger partial charge in [0.1, 0.15) is 6.33 Å². The molecule has 0 atom stereocenters. The summed E-state index contributed by atoms with van der Waals surface area (Å²) in [6.07, 6.45) is 4.57. The second-order valence-electron chi connectivity index (χ2n) is 3.14. The van der Waals surface area contributed by atoms with Crippen LogP contribution >= 0.6 is 12.2 Å². The van der Waals surface area contributed by atoms with Crippen molar-refractivity contribution in [1.29, 1.82) is 0 Å². The molecule has 0 bridgehead atoms. The van der Waals surface area contributed by atoms with Crippen molar-refractivity contribution in [3.05, 3.63) is 11.1 Å². The standard InChI is InChI=1S/C7H10N4OS/c12-6(5-2-1-3-5)10-11-4-8-9-7(11)13/h4-5H,1-3H2,(H,9,13)(H,10,12). The molecule has 1 saturated carbocycles. The molecule has 0 aromatic carbocycles. The molecule has 1 aromatic heterocycles. The first-order valence-corrected chi connectivity index (χ1v) is 4.61. The second kappa shape index (κ2) is 3.29. The van der Waals surface area contributed by atoms with Crippen molar-refractivity contribution in [1.82, 2.24) is 14.9 Å². The topological polar surface area (TPSA) is 62.7 Å². The minimum atomic E-state index is 0.0313. The van der Waals surface area contributed by atoms with Gasteiger partial charge in [0.15, 0.2) is 0 Å². The normalized spacial score (nSPS) is 16.6. The summed E-state index contributed by atoms with van der Waals surface area (Å²) in [5.74, 6) is 0.195. The summed E-state index contributed by atoms with van der Waals surface area (Å²) in [6, 6.07) is 0. The summed E-state index contributed by atoms with van der Waals surface area (Å²) in [5, 5.41) is 6.26. The molecule has 1 aliphatic rings. The van der Waals surface area contributed by atoms with Crippen LogP contribution in [-0.4, -0.2) is 20.8 Å². The highest BCUT2D eigenvalue weighted by Crippen LogP contribution is 2.26. The lowest BCUT2D eigenvalue weighted by Crippen LogP contribution is -2.33. The number of nitrogens with zero attached hydrogens (tertiary/aromatic N) is 2. The van der Waals surface area contributed by atoms with Crippen molar-refractivity contribution in [3.63, 3.8) is 0 Å². The monoisotopic (exact) mass is 198 g/mol. The van der Waals surface area contributed by atoms with E-state index < -0.39 is 0 Å². The number of hydrogen-bond acceptors (Lipinski definition) is 3. The summed E-state index contributed by atoms with van der Waals surface area (Å²) in [5.41, 5.74) is 2.67. The van der Waals surface area contributed by atoms with E-state index in [1.165, 1.54) is 11.0 Å². The van der Waals surface area contributed by atoms with Crippen LogP contribution < -0.4 is 5.43 Å². The van der Waals surface area contributed by atoms with E-state index in [1.54, 1.807) is 0 Å². The van der Waals surface area contributed by atoms with E-state index in [0.29, 0.717) is 4.77 Å². The van der Waals surface area contributed by atoms with Crippen LogP contribution in [0.5, 0.6) is 0 Å². The van der Waals surface area contributed by atoms with Crippen molar-refractivity contribution in [2.45, 2.75) is 19.3 Å². The third-order valence-electron chi connectivity index (χ3n) is 2.26. The average molecular weight is 198 g/mol. The molecular formula is C7H10N4OS. The second-order valence-corrected chi connectivity index (χ2v) is 3.52. The van der Waals surface area contributed by atoms with E-state index in [2.05, 4.69) is 15.6 Å². The van der Waals surface area contributed by atoms with E-state index >= 15 is 0 Å². The van der Waals surface area contributed by atoms with Crippen molar-refractivity contribution in [3.8, 4) is 0 Å². The molecule has 2 rings (SSSR count). The van der Waals surface area contributed by atoms with Crippen LogP contribution in [0.2, 0.25) is 0 Å². The molecule has 0 saturated heterocycles. The molecule has 1 aromatic rings. The van der Waals surface area contributed by atoms with Crippen molar-refractivity contribution in [2.75, 3.05) is 5.43 Å². The fraction of sp³-hybridized carbons (Fsp3) is 0.571. The van der Waals surface area contributed by atoms with E-state index in [0.717, 1.165) is 19.3 Å². The summed E-state index contributed by atoms with van der Waals surface area (Å²) in [6.45, 7) is 0. The molecule has 2 N–H and O–H groups in total. The Morgan fingerprint density at radius 3 is 3.00 bits per heavy atom. The smallest absolute Gasteiger partial charge is 0.242 e. The van der Waals surface area contributed by atoms with Crippen molar-refractivity contribution < 1.29 is 4.79 Å². The van der Waals surface area contributed by atoms with Crippen LogP contribution in [0, 0.1) is 10.7 Å². The maximum Gasteiger partial charge on any atom is 0.242 e. The Hall–Kier alpha value is -1.17. The summed E-state index contributed by atoms with van der Waals surface area (Å²) in [4.78, 5) is 11.4. The maximum atomic E-state index is 11.4. The number of aromatic amines is 1. The molecule has 1 fully saturated rings. The molecule has 0 unspecified atom stereocenters. The van der Waals surface area contributed by atoms with Gasteiger partial charge < -0.3 is 0 Å². The minimum absolute atomic E-state index is 0.0313. The van der Waals surface area contributed by atoms with E-state index in [9.17, 15) is 4.79 Å². The first-order chi connectivity index (χ1) is 6.27. The number of nitrogens with one attached hydrogen (secondary N) is 2. The number of amides is 1. The number of rotatable bonds is 2. The average Bonchev–Trinajstić information content (AvgIpc) is 2.32. The summed E-state index contributed by atoms with van der Waals surface area (Å²) >= 11 is 4.87. The van der Waals surface area contributed by atoms with Gasteiger partial charge in [-0.3, -0.25) is 15.3 Å². The Labute approximate surface area is 80.1 Å². The minimum Gasteiger partial charge on any atom is -0.273 e. The zero-order chi connectivity index (χ0) is 9.26. The Balaban J connectivity index is 2.01. The Bertz CT molecular complexity index is 365. The van der Waals surface area contributed by atoms with Gasteiger partial charge in [-0.25, -0.2) is 4.68 Å². The predicted molar refractivity (Wildman–Crippen MR) is 49.1 cm³/mol. The molecule has 1 heterocycles. The Kier molecular flexibility index (Phi) is 2.13. The molecule has 0 aliphatic heterocycles. The molecule has 70 valence electrons. The Morgan fingerprint density at radius 2 is 2.54 bits per heavy atom. The van der Waals surface area contributed by atoms with Gasteiger partial charge in [0.05, 0.1) is 0 Å². The lowest BCUT2D eigenvalue weighted by atomic mass is 9.85. The van der Waals surface area contributed by atoms with Gasteiger partial charge >= 0.3 is 0 Å². The predicted octanol–water partition coefficient (Wildman–Crippen LogP) is 0.811. The quantitative estimate of drug-likeness (QED) is 0.691. The van der Waals surface area contributed by atoms with E-state index in [-0.39, 0.29) is 11.8 Å². The SMILES string of the molecule is O=C(Nn1cn[nH]c1=S)C1CCC1. The lowest BCUT2D eigenvalue weighted by molar-refractivity contribution is -0.123. The molecule has 13 heavy (non-hydrogen) atoms.